The van der Waals surface area contributed by atoms with Gasteiger partial charge in [-0.25, -0.2) is 0 Å². The summed E-state index contributed by atoms with van der Waals surface area (Å²) in [5.74, 6) is 0. The minimum atomic E-state index is -0.717. The normalized spacial score (nSPS) is 29.3. The Balaban J connectivity index is 1.41. The molecule has 1 aliphatic carbocycles. The minimum Gasteiger partial charge on any atom is -0.385 e. The van der Waals surface area contributed by atoms with E-state index in [4.69, 9.17) is 16.3 Å². The van der Waals surface area contributed by atoms with Crippen molar-refractivity contribution in [2.24, 2.45) is 0 Å². The van der Waals surface area contributed by atoms with Gasteiger partial charge < -0.3 is 15.2 Å². The van der Waals surface area contributed by atoms with E-state index in [1.165, 1.54) is 0 Å². The fourth-order valence-electron chi connectivity index (χ4n) is 3.81. The molecule has 134 valence electrons. The van der Waals surface area contributed by atoms with Crippen molar-refractivity contribution >= 4 is 11.6 Å². The first-order valence-corrected chi connectivity index (χ1v) is 9.55. The summed E-state index contributed by atoms with van der Waals surface area (Å²) in [4.78, 5) is 2.48. The third-order valence-corrected chi connectivity index (χ3v) is 5.59. The van der Waals surface area contributed by atoms with E-state index in [9.17, 15) is 5.11 Å². The van der Waals surface area contributed by atoms with Crippen LogP contribution in [-0.2, 0) is 10.3 Å². The van der Waals surface area contributed by atoms with Crippen molar-refractivity contribution in [1.82, 2.24) is 10.2 Å². The average Bonchev–Trinajstić information content (AvgIpc) is 2.86. The van der Waals surface area contributed by atoms with Crippen LogP contribution in [0.4, 0.5) is 0 Å². The summed E-state index contributed by atoms with van der Waals surface area (Å²) < 4.78 is 5.50. The summed E-state index contributed by atoms with van der Waals surface area (Å²) >= 11 is 6.07. The summed E-state index contributed by atoms with van der Waals surface area (Å²) in [7, 11) is 0. The van der Waals surface area contributed by atoms with E-state index in [-0.39, 0.29) is 0 Å². The van der Waals surface area contributed by atoms with Crippen LogP contribution >= 0.6 is 11.6 Å². The van der Waals surface area contributed by atoms with Crippen molar-refractivity contribution < 1.29 is 9.84 Å². The van der Waals surface area contributed by atoms with Crippen LogP contribution in [0.25, 0.3) is 0 Å². The highest BCUT2D eigenvalue weighted by Crippen LogP contribution is 2.37. The third kappa shape index (κ3) is 4.93. The molecule has 0 unspecified atom stereocenters. The largest absolute Gasteiger partial charge is 0.385 e. The maximum absolute atomic E-state index is 10.9. The van der Waals surface area contributed by atoms with Crippen molar-refractivity contribution in [3.8, 4) is 0 Å². The fraction of sp³-hybridized carbons (Fsp3) is 0.684. The van der Waals surface area contributed by atoms with Gasteiger partial charge in [0.2, 0.25) is 0 Å². The van der Waals surface area contributed by atoms with Gasteiger partial charge in [-0.2, -0.15) is 0 Å². The van der Waals surface area contributed by atoms with Crippen molar-refractivity contribution in [3.63, 3.8) is 0 Å². The number of ether oxygens (including phenoxy) is 1. The highest BCUT2D eigenvalue weighted by Gasteiger charge is 2.34. The molecule has 0 spiro atoms. The second kappa shape index (κ2) is 8.63. The van der Waals surface area contributed by atoms with Crippen LogP contribution in [0, 0.1) is 0 Å². The first-order valence-electron chi connectivity index (χ1n) is 9.18. The lowest BCUT2D eigenvalue weighted by atomic mass is 9.78. The summed E-state index contributed by atoms with van der Waals surface area (Å²) in [6.45, 7) is 6.03. The smallest absolute Gasteiger partial charge is 0.0898 e. The Morgan fingerprint density at radius 1 is 1.25 bits per heavy atom. The zero-order valence-electron chi connectivity index (χ0n) is 14.3. The summed E-state index contributed by atoms with van der Waals surface area (Å²) in [6, 6.07) is 8.17. The molecule has 1 aromatic carbocycles. The van der Waals surface area contributed by atoms with Gasteiger partial charge in [-0.3, -0.25) is 4.90 Å². The number of hydrogen-bond acceptors (Lipinski definition) is 4. The van der Waals surface area contributed by atoms with Crippen LogP contribution in [0.15, 0.2) is 24.3 Å². The lowest BCUT2D eigenvalue weighted by molar-refractivity contribution is -0.00845. The van der Waals surface area contributed by atoms with Crippen molar-refractivity contribution in [2.45, 2.75) is 43.7 Å². The van der Waals surface area contributed by atoms with Crippen LogP contribution < -0.4 is 5.32 Å². The molecule has 0 atom stereocenters. The number of halogens is 1. The zero-order valence-corrected chi connectivity index (χ0v) is 15.1. The quantitative estimate of drug-likeness (QED) is 0.855. The Hall–Kier alpha value is -0.650. The lowest BCUT2D eigenvalue weighted by Crippen LogP contribution is -2.42. The fourth-order valence-corrected chi connectivity index (χ4v) is 4.00. The van der Waals surface area contributed by atoms with Crippen LogP contribution in [-0.4, -0.2) is 55.4 Å². The molecule has 4 nitrogen and oxygen atoms in total. The molecule has 2 fully saturated rings. The van der Waals surface area contributed by atoms with Gasteiger partial charge in [-0.15, -0.1) is 0 Å². The number of nitrogens with zero attached hydrogens (tertiary/aromatic N) is 1. The molecule has 1 heterocycles. The molecular formula is C19H29ClN2O2. The molecule has 1 saturated carbocycles. The summed E-state index contributed by atoms with van der Waals surface area (Å²) in [5, 5.41) is 15.3. The molecule has 2 aliphatic rings. The Morgan fingerprint density at radius 2 is 2.08 bits per heavy atom. The van der Waals surface area contributed by atoms with Crippen molar-refractivity contribution in [1.29, 1.82) is 0 Å². The number of hydrogen-bond donors (Lipinski definition) is 2. The van der Waals surface area contributed by atoms with E-state index in [0.717, 1.165) is 77.1 Å². The number of aliphatic hydroxyl groups is 1. The predicted molar refractivity (Wildman–Crippen MR) is 97.5 cm³/mol. The molecule has 0 amide bonds. The van der Waals surface area contributed by atoms with Gasteiger partial charge in [0.25, 0.3) is 0 Å². The molecule has 24 heavy (non-hydrogen) atoms. The molecule has 2 N–H and O–H groups in total. The topological polar surface area (TPSA) is 44.7 Å². The van der Waals surface area contributed by atoms with E-state index < -0.39 is 5.60 Å². The van der Waals surface area contributed by atoms with Crippen molar-refractivity contribution in [2.75, 3.05) is 39.4 Å². The number of benzene rings is 1. The monoisotopic (exact) mass is 352 g/mol. The molecule has 3 rings (SSSR count). The Kier molecular flexibility index (Phi) is 6.53. The van der Waals surface area contributed by atoms with Gasteiger partial charge in [0.05, 0.1) is 12.2 Å². The molecular weight excluding hydrogens is 324 g/mol. The van der Waals surface area contributed by atoms with Gasteiger partial charge in [0, 0.05) is 43.9 Å². The maximum atomic E-state index is 10.9. The van der Waals surface area contributed by atoms with E-state index in [0.29, 0.717) is 11.1 Å². The number of rotatable bonds is 5. The zero-order chi connectivity index (χ0) is 16.8. The van der Waals surface area contributed by atoms with Crippen molar-refractivity contribution in [3.05, 3.63) is 34.9 Å². The van der Waals surface area contributed by atoms with E-state index in [2.05, 4.69) is 10.2 Å². The number of nitrogens with one attached hydrogen (secondary N) is 1. The first-order chi connectivity index (χ1) is 11.7. The van der Waals surface area contributed by atoms with Gasteiger partial charge in [-0.1, -0.05) is 23.7 Å². The average molecular weight is 353 g/mol. The molecule has 1 aromatic rings. The second-order valence-corrected chi connectivity index (χ2v) is 7.51. The van der Waals surface area contributed by atoms with Gasteiger partial charge in [-0.05, 0) is 49.8 Å². The molecule has 0 radical (unpaired) electrons. The minimum absolute atomic E-state index is 0.507. The Morgan fingerprint density at radius 3 is 2.88 bits per heavy atom. The third-order valence-electron chi connectivity index (χ3n) is 5.35. The Bertz CT molecular complexity index is 510. The van der Waals surface area contributed by atoms with Gasteiger partial charge in [0.15, 0.2) is 0 Å². The lowest BCUT2D eigenvalue weighted by Gasteiger charge is -2.37. The molecule has 0 aromatic heterocycles. The van der Waals surface area contributed by atoms with Gasteiger partial charge >= 0.3 is 0 Å². The van der Waals surface area contributed by atoms with Gasteiger partial charge in [0.1, 0.15) is 0 Å². The van der Waals surface area contributed by atoms with E-state index >= 15 is 0 Å². The standard InChI is InChI=1S/C19H29ClN2O2/c20-17-4-1-3-16(15-17)19(23)7-5-18(6-8-19)21-9-11-22-10-2-13-24-14-12-22/h1,3-4,15,18,21,23H,2,5-14H2. The predicted octanol–water partition coefficient (Wildman–Crippen LogP) is 2.78. The Labute approximate surface area is 150 Å². The molecule has 5 heteroatoms. The second-order valence-electron chi connectivity index (χ2n) is 7.08. The van der Waals surface area contributed by atoms with E-state index in [1.807, 2.05) is 24.3 Å². The highest BCUT2D eigenvalue weighted by atomic mass is 35.5. The maximum Gasteiger partial charge on any atom is 0.0898 e. The van der Waals surface area contributed by atoms with Crippen LogP contribution in [0.1, 0.15) is 37.7 Å². The van der Waals surface area contributed by atoms with Crippen LogP contribution in [0.5, 0.6) is 0 Å². The van der Waals surface area contributed by atoms with Crippen LogP contribution in [0.3, 0.4) is 0 Å². The van der Waals surface area contributed by atoms with Crippen LogP contribution in [0.2, 0.25) is 5.02 Å². The molecule has 1 aliphatic heterocycles. The highest BCUT2D eigenvalue weighted by molar-refractivity contribution is 6.30. The molecule has 1 saturated heterocycles. The first kappa shape index (κ1) is 18.2. The summed E-state index contributed by atoms with van der Waals surface area (Å²) in [5.41, 5.74) is 0.239. The van der Waals surface area contributed by atoms with E-state index in [1.54, 1.807) is 0 Å². The summed E-state index contributed by atoms with van der Waals surface area (Å²) in [6.07, 6.45) is 4.74. The molecule has 0 bridgehead atoms. The SMILES string of the molecule is OC1(c2cccc(Cl)c2)CCC(NCCN2CCCOCC2)CC1.